The van der Waals surface area contributed by atoms with Crippen LogP contribution in [0.1, 0.15) is 30.2 Å². The zero-order chi connectivity index (χ0) is 15.8. The van der Waals surface area contributed by atoms with Crippen LogP contribution < -0.4 is 4.72 Å². The zero-order valence-electron chi connectivity index (χ0n) is 12.3. The van der Waals surface area contributed by atoms with Gasteiger partial charge in [-0.2, -0.15) is 0 Å². The van der Waals surface area contributed by atoms with Gasteiger partial charge in [0, 0.05) is 21.9 Å². The quantitative estimate of drug-likeness (QED) is 0.852. The summed E-state index contributed by atoms with van der Waals surface area (Å²) >= 11 is 7.26. The third-order valence-electron chi connectivity index (χ3n) is 4.16. The maximum Gasteiger partial charge on any atom is 0.250 e. The van der Waals surface area contributed by atoms with Crippen molar-refractivity contribution in [3.63, 3.8) is 0 Å². The van der Waals surface area contributed by atoms with Crippen LogP contribution in [0.2, 0.25) is 5.02 Å². The van der Waals surface area contributed by atoms with Crippen molar-refractivity contribution in [1.82, 2.24) is 4.72 Å². The number of halogens is 1. The number of thiophene rings is 1. The van der Waals surface area contributed by atoms with Crippen LogP contribution in [0.4, 0.5) is 0 Å². The third kappa shape index (κ3) is 3.23. The second-order valence-corrected chi connectivity index (χ2v) is 9.28. The molecule has 1 N–H and O–H groups in total. The zero-order valence-corrected chi connectivity index (χ0v) is 14.7. The Bertz CT molecular complexity index is 762. The molecule has 22 heavy (non-hydrogen) atoms. The van der Waals surface area contributed by atoms with Gasteiger partial charge < -0.3 is 0 Å². The van der Waals surface area contributed by atoms with E-state index in [1.54, 1.807) is 6.07 Å². The molecule has 6 heteroatoms. The lowest BCUT2D eigenvalue weighted by Gasteiger charge is -2.16. The average Bonchev–Trinajstić information content (AvgIpc) is 3.13. The minimum atomic E-state index is -3.42. The minimum Gasteiger partial charge on any atom is -0.210 e. The van der Waals surface area contributed by atoms with Crippen molar-refractivity contribution in [3.8, 4) is 0 Å². The number of sulfonamides is 1. The summed E-state index contributed by atoms with van der Waals surface area (Å²) in [5.41, 5.74) is 1.09. The van der Waals surface area contributed by atoms with Crippen LogP contribution in [0.15, 0.2) is 40.6 Å². The number of nitrogens with one attached hydrogen (secondary N) is 1. The maximum atomic E-state index is 12.4. The van der Waals surface area contributed by atoms with E-state index in [1.807, 2.05) is 37.3 Å². The predicted octanol–water partition coefficient (Wildman–Crippen LogP) is 3.97. The molecule has 2 aromatic rings. The second-order valence-electron chi connectivity index (χ2n) is 5.69. The first-order valence-electron chi connectivity index (χ1n) is 7.30. The molecule has 1 saturated carbocycles. The van der Waals surface area contributed by atoms with Crippen LogP contribution >= 0.6 is 22.9 Å². The van der Waals surface area contributed by atoms with E-state index < -0.39 is 10.0 Å². The molecule has 0 spiro atoms. The Balaban J connectivity index is 1.72. The number of aryl methyl sites for hydroxylation is 1. The highest BCUT2D eigenvalue weighted by Crippen LogP contribution is 2.48. The van der Waals surface area contributed by atoms with Gasteiger partial charge in [0.05, 0.1) is 0 Å². The van der Waals surface area contributed by atoms with Crippen molar-refractivity contribution in [1.29, 1.82) is 0 Å². The molecule has 3 rings (SSSR count). The lowest BCUT2D eigenvalue weighted by Crippen LogP contribution is -2.31. The Labute approximate surface area is 140 Å². The van der Waals surface area contributed by atoms with Gasteiger partial charge >= 0.3 is 0 Å². The van der Waals surface area contributed by atoms with Crippen molar-refractivity contribution in [2.75, 3.05) is 6.54 Å². The van der Waals surface area contributed by atoms with Gasteiger partial charge in [-0.3, -0.25) is 0 Å². The number of hydrogen-bond donors (Lipinski definition) is 1. The summed E-state index contributed by atoms with van der Waals surface area (Å²) in [6.45, 7) is 2.46. The van der Waals surface area contributed by atoms with Gasteiger partial charge in [0.25, 0.3) is 0 Å². The largest absolute Gasteiger partial charge is 0.250 e. The van der Waals surface area contributed by atoms with Gasteiger partial charge in [0.1, 0.15) is 4.21 Å². The fourth-order valence-corrected chi connectivity index (χ4v) is 5.11. The molecule has 0 radical (unpaired) electrons. The van der Waals surface area contributed by atoms with Crippen LogP contribution in [0.3, 0.4) is 0 Å². The van der Waals surface area contributed by atoms with E-state index in [1.165, 1.54) is 11.3 Å². The summed E-state index contributed by atoms with van der Waals surface area (Å²) < 4.78 is 28.0. The molecule has 0 saturated heterocycles. The van der Waals surface area contributed by atoms with Crippen LogP contribution in [-0.2, 0) is 21.9 Å². The number of benzene rings is 1. The molecular weight excluding hydrogens is 338 g/mol. The molecule has 1 aliphatic rings. The van der Waals surface area contributed by atoms with Gasteiger partial charge in [0.2, 0.25) is 10.0 Å². The lowest BCUT2D eigenvalue weighted by molar-refractivity contribution is 0.569. The van der Waals surface area contributed by atoms with Gasteiger partial charge in [-0.1, -0.05) is 30.7 Å². The summed E-state index contributed by atoms with van der Waals surface area (Å²) in [6.07, 6.45) is 2.86. The molecule has 118 valence electrons. The monoisotopic (exact) mass is 355 g/mol. The molecule has 0 atom stereocenters. The highest BCUT2D eigenvalue weighted by atomic mass is 35.5. The van der Waals surface area contributed by atoms with Gasteiger partial charge in [-0.15, -0.1) is 11.3 Å². The first-order valence-corrected chi connectivity index (χ1v) is 9.97. The van der Waals surface area contributed by atoms with Gasteiger partial charge in [-0.05, 0) is 49.1 Å². The van der Waals surface area contributed by atoms with Crippen molar-refractivity contribution in [2.24, 2.45) is 0 Å². The first kappa shape index (κ1) is 16.0. The van der Waals surface area contributed by atoms with E-state index in [9.17, 15) is 8.42 Å². The molecule has 1 aromatic heterocycles. The van der Waals surface area contributed by atoms with Crippen LogP contribution in [-0.4, -0.2) is 15.0 Å². The Morgan fingerprint density at radius 2 is 1.86 bits per heavy atom. The molecular formula is C16H18ClNO2S2. The summed E-state index contributed by atoms with van der Waals surface area (Å²) in [5, 5.41) is 0.700. The van der Waals surface area contributed by atoms with Crippen molar-refractivity contribution in [2.45, 2.75) is 35.8 Å². The number of hydrogen-bond acceptors (Lipinski definition) is 3. The minimum absolute atomic E-state index is 0.0670. The average molecular weight is 356 g/mol. The topological polar surface area (TPSA) is 46.2 Å². The highest BCUT2D eigenvalue weighted by Gasteiger charge is 2.44. The second kappa shape index (κ2) is 5.96. The molecule has 0 amide bonds. The van der Waals surface area contributed by atoms with Gasteiger partial charge in [0.15, 0.2) is 0 Å². The number of rotatable bonds is 6. The fourth-order valence-electron chi connectivity index (χ4n) is 2.52. The molecule has 1 heterocycles. The first-order chi connectivity index (χ1) is 10.5. The Morgan fingerprint density at radius 1 is 1.18 bits per heavy atom. The summed E-state index contributed by atoms with van der Waals surface area (Å²) in [5.74, 6) is 0. The SMILES string of the molecule is CCc1ccc(S(=O)(=O)NCC2(c3ccc(Cl)cc3)CC2)s1. The van der Waals surface area contributed by atoms with Crippen molar-refractivity contribution >= 4 is 33.0 Å². The van der Waals surface area contributed by atoms with Crippen molar-refractivity contribution < 1.29 is 8.42 Å². The lowest BCUT2D eigenvalue weighted by atomic mass is 9.96. The Hall–Kier alpha value is -0.880. The smallest absolute Gasteiger partial charge is 0.210 e. The summed E-state index contributed by atoms with van der Waals surface area (Å²) in [6, 6.07) is 11.3. The van der Waals surface area contributed by atoms with E-state index in [0.29, 0.717) is 15.8 Å². The summed E-state index contributed by atoms with van der Waals surface area (Å²) in [7, 11) is -3.42. The van der Waals surface area contributed by atoms with Crippen LogP contribution in [0.25, 0.3) is 0 Å². The molecule has 0 bridgehead atoms. The van der Waals surface area contributed by atoms with Gasteiger partial charge in [-0.25, -0.2) is 13.1 Å². The predicted molar refractivity (Wildman–Crippen MR) is 91.2 cm³/mol. The Morgan fingerprint density at radius 3 is 2.41 bits per heavy atom. The van der Waals surface area contributed by atoms with Crippen LogP contribution in [0, 0.1) is 0 Å². The highest BCUT2D eigenvalue weighted by molar-refractivity contribution is 7.91. The molecule has 1 aliphatic carbocycles. The Kier molecular flexibility index (Phi) is 4.34. The van der Waals surface area contributed by atoms with Crippen molar-refractivity contribution in [3.05, 3.63) is 51.9 Å². The molecule has 0 unspecified atom stereocenters. The standard InChI is InChI=1S/C16H18ClNO2S2/c1-2-14-7-8-15(21-14)22(19,20)18-11-16(9-10-16)12-3-5-13(17)6-4-12/h3-8,18H,2,9-11H2,1H3. The van der Waals surface area contributed by atoms with E-state index in [0.717, 1.165) is 29.7 Å². The maximum absolute atomic E-state index is 12.4. The van der Waals surface area contributed by atoms with E-state index in [4.69, 9.17) is 11.6 Å². The molecule has 3 nitrogen and oxygen atoms in total. The van der Waals surface area contributed by atoms with E-state index in [-0.39, 0.29) is 5.41 Å². The normalized spacial score (nSPS) is 16.6. The van der Waals surface area contributed by atoms with E-state index >= 15 is 0 Å². The molecule has 1 fully saturated rings. The fraction of sp³-hybridized carbons (Fsp3) is 0.375. The van der Waals surface area contributed by atoms with Crippen LogP contribution in [0.5, 0.6) is 0 Å². The molecule has 0 aliphatic heterocycles. The van der Waals surface area contributed by atoms with E-state index in [2.05, 4.69) is 4.72 Å². The third-order valence-corrected chi connectivity index (χ3v) is 7.54. The summed E-state index contributed by atoms with van der Waals surface area (Å²) in [4.78, 5) is 1.08. The molecule has 1 aromatic carbocycles.